The highest BCUT2D eigenvalue weighted by Crippen LogP contribution is 2.55. The van der Waals surface area contributed by atoms with Crippen molar-refractivity contribution in [1.29, 1.82) is 0 Å². The molecule has 438 valence electrons. The molecule has 16 nitrogen and oxygen atoms in total. The first-order valence-corrected chi connectivity index (χ1v) is 28.3. The van der Waals surface area contributed by atoms with E-state index < -0.39 is 109 Å². The van der Waals surface area contributed by atoms with E-state index in [1.807, 2.05) is 6.92 Å². The number of piperidine rings is 2. The predicted molar refractivity (Wildman–Crippen MR) is 283 cm³/mol. The lowest BCUT2D eigenvalue weighted by Gasteiger charge is -2.43. The lowest BCUT2D eigenvalue weighted by Crippen LogP contribution is -2.54. The number of carbonyl (C=O) groups is 5. The van der Waals surface area contributed by atoms with E-state index in [2.05, 4.69) is 0 Å². The number of fused-ring (bicyclic) bond motifs is 1. The van der Waals surface area contributed by atoms with Crippen molar-refractivity contribution in [3.63, 3.8) is 0 Å². The number of nitro groups is 1. The smallest absolute Gasteiger partial charge is 0.417 e. The van der Waals surface area contributed by atoms with Crippen LogP contribution < -0.4 is 0 Å². The van der Waals surface area contributed by atoms with Crippen molar-refractivity contribution in [3.05, 3.63) is 62.2 Å². The Bertz CT molecular complexity index is 2630. The molecule has 24 heteroatoms. The molecule has 5 aliphatic rings. The molecule has 0 radical (unpaired) electrons. The summed E-state index contributed by atoms with van der Waals surface area (Å²) in [5.74, 6) is -1.65. The van der Waals surface area contributed by atoms with Gasteiger partial charge < -0.3 is 29.1 Å². The van der Waals surface area contributed by atoms with Gasteiger partial charge in [-0.3, -0.25) is 24.5 Å². The number of hydrogen-bond donors (Lipinski definition) is 0. The van der Waals surface area contributed by atoms with E-state index in [1.165, 1.54) is 37.4 Å². The number of rotatable bonds is 10. The van der Waals surface area contributed by atoms with E-state index in [4.69, 9.17) is 19.1 Å². The minimum atomic E-state index is -4.90. The molecule has 2 saturated carbocycles. The maximum atomic E-state index is 14.3. The van der Waals surface area contributed by atoms with E-state index in [0.29, 0.717) is 68.5 Å². The van der Waals surface area contributed by atoms with Gasteiger partial charge in [-0.25, -0.2) is 9.59 Å². The number of benzene rings is 2. The number of hydrogen-bond acceptors (Lipinski definition) is 13. The standard InChI is InChI=1S/C27H38F3N3O5S.C27H35F3N2O4S.CO2/c1-7-26(11-9-12-26)39-22-15-20(27(28,29)30)19(14-21(22)33(36)37)23(34)32(17(2)3)18-10-8-13-31(16-18)24(35)38-25(4,5)6;1-16(2)32(18-8-6-11-31(15-18)24(35)36-25(3,4)5)23(34)19-12-17-13-22(33)26(9-7-10-26)37-21(17)14-20(19)27(28,29)30;2-1-3/h14-15,17-18H,7-13,16H2,1-6H3;12,14,16,18H,6-11,13,15H2,1-5H3;/t2*18-;/m11./s1. The normalized spacial score (nSPS) is 19.8. The van der Waals surface area contributed by atoms with Gasteiger partial charge >= 0.3 is 30.7 Å². The van der Waals surface area contributed by atoms with Gasteiger partial charge in [-0.05, 0) is 157 Å². The highest BCUT2D eigenvalue weighted by Gasteiger charge is 2.50. The Kier molecular flexibility index (Phi) is 20.6. The SMILES string of the molecule is CC(C)N(C(=O)c1cc2c(cc1C(F)(F)F)SC1(CCC1)C(=O)C2)[C@@H]1CCCN(C(=O)OC(C)(C)C)C1.CCC1(Sc2cc(C(F)(F)F)c(C(=O)N(C(C)C)[C@@H]3CCCN(C(=O)OC(C)(C)C)C3)cc2[N+](=O)[O-])CCC1.O=C=O. The van der Waals surface area contributed by atoms with Crippen LogP contribution in [0.5, 0.6) is 0 Å². The number of alkyl halides is 6. The summed E-state index contributed by atoms with van der Waals surface area (Å²) in [6, 6.07) is 1.95. The fourth-order valence-corrected chi connectivity index (χ4v) is 13.6. The molecule has 0 aromatic heterocycles. The number of likely N-dealkylation sites (tertiary alicyclic amines) is 2. The monoisotopic (exact) mass is 1160 g/mol. The van der Waals surface area contributed by atoms with Crippen LogP contribution in [0.3, 0.4) is 0 Å². The Morgan fingerprint density at radius 3 is 1.53 bits per heavy atom. The number of thioether (sulfide) groups is 2. The second-order valence-corrected chi connectivity index (χ2v) is 26.2. The second-order valence-electron chi connectivity index (χ2n) is 23.3. The van der Waals surface area contributed by atoms with E-state index >= 15 is 0 Å². The minimum absolute atomic E-state index is 0.0235. The average Bonchev–Trinajstić information content (AvgIpc) is 3.31. The highest BCUT2D eigenvalue weighted by molar-refractivity contribution is 8.01. The predicted octanol–water partition coefficient (Wildman–Crippen LogP) is 12.8. The van der Waals surface area contributed by atoms with E-state index in [0.717, 1.165) is 55.6 Å². The summed E-state index contributed by atoms with van der Waals surface area (Å²) in [5.41, 5.74) is -4.78. The van der Waals surface area contributed by atoms with Gasteiger partial charge in [0.15, 0.2) is 5.78 Å². The first kappa shape index (κ1) is 64.5. The number of carbonyl (C=O) groups excluding carboxylic acids is 7. The molecular formula is C55H73F6N5O11S2. The van der Waals surface area contributed by atoms with Crippen LogP contribution in [0.25, 0.3) is 0 Å². The van der Waals surface area contributed by atoms with Gasteiger partial charge in [0.25, 0.3) is 17.5 Å². The molecule has 7 rings (SSSR count). The summed E-state index contributed by atoms with van der Waals surface area (Å²) in [4.78, 5) is 99.5. The molecule has 2 aliphatic carbocycles. The van der Waals surface area contributed by atoms with Crippen molar-refractivity contribution in [2.24, 2.45) is 0 Å². The van der Waals surface area contributed by atoms with Crippen molar-refractivity contribution in [2.45, 2.75) is 220 Å². The maximum Gasteiger partial charge on any atom is 0.417 e. The van der Waals surface area contributed by atoms with Crippen LogP contribution in [0.2, 0.25) is 0 Å². The molecule has 2 aromatic carbocycles. The number of ketones is 1. The summed E-state index contributed by atoms with van der Waals surface area (Å²) in [5, 5.41) is 12.0. The van der Waals surface area contributed by atoms with Crippen LogP contribution in [0.1, 0.15) is 184 Å². The number of ether oxygens (including phenoxy) is 2. The first-order valence-electron chi connectivity index (χ1n) is 26.7. The molecule has 0 unspecified atom stereocenters. The van der Waals surface area contributed by atoms with Crippen molar-refractivity contribution in [1.82, 2.24) is 19.6 Å². The molecule has 3 heterocycles. The van der Waals surface area contributed by atoms with Crippen LogP contribution in [-0.2, 0) is 42.6 Å². The van der Waals surface area contributed by atoms with Crippen molar-refractivity contribution in [3.8, 4) is 0 Å². The summed E-state index contributed by atoms with van der Waals surface area (Å²) in [7, 11) is 0. The maximum absolute atomic E-state index is 14.3. The fraction of sp³-hybridized carbons (Fsp3) is 0.673. The zero-order valence-corrected chi connectivity index (χ0v) is 48.4. The minimum Gasteiger partial charge on any atom is -0.444 e. The molecular weight excluding hydrogens is 1080 g/mol. The second kappa shape index (κ2) is 25.2. The first-order chi connectivity index (χ1) is 36.5. The number of amides is 4. The quantitative estimate of drug-likeness (QED) is 0.124. The van der Waals surface area contributed by atoms with Crippen molar-refractivity contribution in [2.75, 3.05) is 26.2 Å². The number of nitro benzene ring substituents is 1. The van der Waals surface area contributed by atoms with Gasteiger partial charge in [0.2, 0.25) is 0 Å². The molecule has 0 bridgehead atoms. The third-order valence-electron chi connectivity index (χ3n) is 14.6. The molecule has 3 aliphatic heterocycles. The third-order valence-corrected chi connectivity index (χ3v) is 17.9. The Hall–Kier alpha value is -5.35. The topological polar surface area (TPSA) is 194 Å². The molecule has 2 atom stereocenters. The van der Waals surface area contributed by atoms with Gasteiger partial charge in [0, 0.05) is 60.4 Å². The summed E-state index contributed by atoms with van der Waals surface area (Å²) < 4.78 is 95.8. The highest BCUT2D eigenvalue weighted by atomic mass is 32.2. The van der Waals surface area contributed by atoms with E-state index in [9.17, 15) is 60.4 Å². The van der Waals surface area contributed by atoms with Gasteiger partial charge in [0.05, 0.1) is 48.9 Å². The Balaban J connectivity index is 0.000000277. The summed E-state index contributed by atoms with van der Waals surface area (Å²) in [6.07, 6.45) is -2.86. The average molecular weight is 1160 g/mol. The van der Waals surface area contributed by atoms with Crippen LogP contribution in [0.4, 0.5) is 41.6 Å². The Morgan fingerprint density at radius 1 is 0.747 bits per heavy atom. The van der Waals surface area contributed by atoms with E-state index in [1.54, 1.807) is 69.2 Å². The molecule has 79 heavy (non-hydrogen) atoms. The Morgan fingerprint density at radius 2 is 1.18 bits per heavy atom. The van der Waals surface area contributed by atoms with E-state index in [-0.39, 0.29) is 41.1 Å². The number of Topliss-reactive ketones (excluding diaryl/α,β-unsaturated/α-hetero) is 1. The molecule has 4 fully saturated rings. The summed E-state index contributed by atoms with van der Waals surface area (Å²) >= 11 is 2.33. The zero-order valence-electron chi connectivity index (χ0n) is 46.7. The van der Waals surface area contributed by atoms with Gasteiger partial charge in [0.1, 0.15) is 11.2 Å². The van der Waals surface area contributed by atoms with Crippen molar-refractivity contribution >= 4 is 65.1 Å². The van der Waals surface area contributed by atoms with Crippen LogP contribution in [0.15, 0.2) is 34.1 Å². The lowest BCUT2D eigenvalue weighted by molar-refractivity contribution is -0.387. The van der Waals surface area contributed by atoms with Crippen LogP contribution >= 0.6 is 23.5 Å². The number of halogens is 6. The molecule has 4 amide bonds. The lowest BCUT2D eigenvalue weighted by atomic mass is 9.78. The summed E-state index contributed by atoms with van der Waals surface area (Å²) in [6.45, 7) is 20.4. The fourth-order valence-electron chi connectivity index (χ4n) is 10.6. The largest absolute Gasteiger partial charge is 0.444 e. The van der Waals surface area contributed by atoms with Crippen LogP contribution in [0, 0.1) is 10.1 Å². The molecule has 2 aromatic rings. The van der Waals surface area contributed by atoms with Gasteiger partial charge in [-0.2, -0.15) is 35.9 Å². The van der Waals surface area contributed by atoms with Crippen LogP contribution in [-0.4, -0.2) is 132 Å². The zero-order chi connectivity index (χ0) is 59.4. The molecule has 0 N–H and O–H groups in total. The molecule has 2 saturated heterocycles. The Labute approximate surface area is 465 Å². The third kappa shape index (κ3) is 15.8. The van der Waals surface area contributed by atoms with Gasteiger partial charge in [-0.1, -0.05) is 13.3 Å². The number of nitrogens with zero attached hydrogens (tertiary/aromatic N) is 5. The van der Waals surface area contributed by atoms with Gasteiger partial charge in [-0.15, -0.1) is 23.5 Å². The van der Waals surface area contributed by atoms with Crippen molar-refractivity contribution < 1.29 is 74.3 Å². The molecule has 1 spiro atoms.